The summed E-state index contributed by atoms with van der Waals surface area (Å²) in [6.07, 6.45) is 0. The fraction of sp³-hybridized carbons (Fsp3) is 0.571. The van der Waals surface area contributed by atoms with E-state index in [0.29, 0.717) is 24.6 Å². The van der Waals surface area contributed by atoms with E-state index in [2.05, 4.69) is 0 Å². The lowest BCUT2D eigenvalue weighted by Gasteiger charge is -2.21. The summed E-state index contributed by atoms with van der Waals surface area (Å²) in [6, 6.07) is 3.50. The van der Waals surface area contributed by atoms with E-state index in [1.54, 1.807) is 19.1 Å². The highest BCUT2D eigenvalue weighted by atomic mass is 32.2. The quantitative estimate of drug-likeness (QED) is 0.807. The second-order valence-corrected chi connectivity index (χ2v) is 6.31. The normalized spacial score (nSPS) is 11.9. The van der Waals surface area contributed by atoms with Gasteiger partial charge in [-0.25, -0.2) is 8.42 Å². The molecule has 0 atom stereocenters. The van der Waals surface area contributed by atoms with Crippen LogP contribution in [0.5, 0.6) is 5.75 Å². The van der Waals surface area contributed by atoms with Gasteiger partial charge >= 0.3 is 0 Å². The van der Waals surface area contributed by atoms with E-state index in [-0.39, 0.29) is 0 Å². The third-order valence-corrected chi connectivity index (χ3v) is 5.29. The molecule has 0 aliphatic rings. The number of sulfonamides is 1. The largest absolute Gasteiger partial charge is 0.494 e. The molecule has 0 heterocycles. The lowest BCUT2D eigenvalue weighted by Crippen LogP contribution is -2.31. The maximum absolute atomic E-state index is 12.5. The highest BCUT2D eigenvalue weighted by Gasteiger charge is 2.24. The van der Waals surface area contributed by atoms with Gasteiger partial charge in [-0.15, -0.1) is 0 Å². The smallest absolute Gasteiger partial charge is 0.243 e. The van der Waals surface area contributed by atoms with Crippen molar-refractivity contribution in [1.82, 2.24) is 4.31 Å². The molecule has 0 aliphatic carbocycles. The van der Waals surface area contributed by atoms with Crippen LogP contribution in [0.4, 0.5) is 0 Å². The molecule has 1 aromatic carbocycles. The molecule has 1 rings (SSSR count). The first-order valence-electron chi connectivity index (χ1n) is 6.62. The van der Waals surface area contributed by atoms with Gasteiger partial charge in [-0.1, -0.05) is 13.8 Å². The number of aryl methyl sites for hydroxylation is 2. The SMILES string of the molecule is CCOc1cc(C)c(S(=O)(=O)N(CC)CC)cc1C. The molecule has 0 bridgehead atoms. The Hall–Kier alpha value is -1.07. The summed E-state index contributed by atoms with van der Waals surface area (Å²) in [4.78, 5) is 0.372. The van der Waals surface area contributed by atoms with Gasteiger partial charge in [0.2, 0.25) is 10.0 Å². The summed E-state index contributed by atoms with van der Waals surface area (Å²) in [5, 5.41) is 0. The Morgan fingerprint density at radius 1 is 1.05 bits per heavy atom. The fourth-order valence-corrected chi connectivity index (χ4v) is 3.80. The maximum Gasteiger partial charge on any atom is 0.243 e. The molecule has 0 saturated heterocycles. The first-order valence-corrected chi connectivity index (χ1v) is 8.06. The molecule has 108 valence electrons. The molecule has 0 saturated carbocycles. The lowest BCUT2D eigenvalue weighted by molar-refractivity contribution is 0.337. The Bertz CT molecular complexity index is 534. The Morgan fingerprint density at radius 3 is 2.11 bits per heavy atom. The van der Waals surface area contributed by atoms with Crippen LogP contribution in [0.1, 0.15) is 31.9 Å². The van der Waals surface area contributed by atoms with Crippen LogP contribution < -0.4 is 4.74 Å². The van der Waals surface area contributed by atoms with E-state index in [1.165, 1.54) is 4.31 Å². The standard InChI is InChI=1S/C14H23NO3S/c1-6-15(7-2)19(16,17)14-10-11(4)13(18-8-3)9-12(14)5/h9-10H,6-8H2,1-5H3. The Kier molecular flexibility index (Phi) is 5.38. The zero-order valence-electron chi connectivity index (χ0n) is 12.4. The van der Waals surface area contributed by atoms with E-state index in [4.69, 9.17) is 4.74 Å². The van der Waals surface area contributed by atoms with Crippen molar-refractivity contribution in [3.8, 4) is 5.75 Å². The van der Waals surface area contributed by atoms with E-state index >= 15 is 0 Å². The van der Waals surface area contributed by atoms with Crippen molar-refractivity contribution in [2.24, 2.45) is 0 Å². The Morgan fingerprint density at radius 2 is 1.63 bits per heavy atom. The molecule has 0 aromatic heterocycles. The van der Waals surface area contributed by atoms with Gasteiger partial charge in [0, 0.05) is 13.1 Å². The first kappa shape index (κ1) is 16.0. The van der Waals surface area contributed by atoms with Crippen molar-refractivity contribution >= 4 is 10.0 Å². The van der Waals surface area contributed by atoms with E-state index in [1.807, 2.05) is 27.7 Å². The predicted molar refractivity (Wildman–Crippen MR) is 77.2 cm³/mol. The van der Waals surface area contributed by atoms with Crippen LogP contribution in [0.2, 0.25) is 0 Å². The molecule has 19 heavy (non-hydrogen) atoms. The molecule has 0 radical (unpaired) electrons. The summed E-state index contributed by atoms with van der Waals surface area (Å²) in [5.41, 5.74) is 1.57. The van der Waals surface area contributed by atoms with Crippen LogP contribution in [-0.4, -0.2) is 32.4 Å². The summed E-state index contributed by atoms with van der Waals surface area (Å²) < 4.78 is 32.0. The van der Waals surface area contributed by atoms with Crippen molar-refractivity contribution in [2.75, 3.05) is 19.7 Å². The number of nitrogens with zero attached hydrogens (tertiary/aromatic N) is 1. The monoisotopic (exact) mass is 285 g/mol. The van der Waals surface area contributed by atoms with Crippen molar-refractivity contribution in [3.63, 3.8) is 0 Å². The van der Waals surface area contributed by atoms with Crippen molar-refractivity contribution in [1.29, 1.82) is 0 Å². The maximum atomic E-state index is 12.5. The van der Waals surface area contributed by atoms with Gasteiger partial charge in [0.1, 0.15) is 5.75 Å². The molecule has 0 N–H and O–H groups in total. The predicted octanol–water partition coefficient (Wildman–Crippen LogP) is 2.73. The summed E-state index contributed by atoms with van der Waals surface area (Å²) in [5.74, 6) is 0.749. The van der Waals surface area contributed by atoms with E-state index in [0.717, 1.165) is 16.9 Å². The van der Waals surface area contributed by atoms with Gasteiger partial charge in [-0.2, -0.15) is 4.31 Å². The highest BCUT2D eigenvalue weighted by Crippen LogP contribution is 2.27. The fourth-order valence-electron chi connectivity index (χ4n) is 2.05. The molecule has 0 spiro atoms. The summed E-state index contributed by atoms with van der Waals surface area (Å²) in [7, 11) is -3.41. The van der Waals surface area contributed by atoms with Crippen molar-refractivity contribution in [3.05, 3.63) is 23.3 Å². The number of ether oxygens (including phenoxy) is 1. The van der Waals surface area contributed by atoms with Crippen molar-refractivity contribution in [2.45, 2.75) is 39.5 Å². The molecule has 0 aliphatic heterocycles. The van der Waals surface area contributed by atoms with E-state index < -0.39 is 10.0 Å². The molecular weight excluding hydrogens is 262 g/mol. The van der Waals surface area contributed by atoms with Gasteiger partial charge in [0.25, 0.3) is 0 Å². The third-order valence-electron chi connectivity index (χ3n) is 3.10. The molecule has 4 nitrogen and oxygen atoms in total. The molecule has 0 unspecified atom stereocenters. The van der Waals surface area contributed by atoms with Crippen LogP contribution >= 0.6 is 0 Å². The zero-order valence-corrected chi connectivity index (χ0v) is 13.2. The first-order chi connectivity index (χ1) is 8.88. The highest BCUT2D eigenvalue weighted by molar-refractivity contribution is 7.89. The molecule has 0 amide bonds. The number of hydrogen-bond acceptors (Lipinski definition) is 3. The Labute approximate surface area is 116 Å². The minimum atomic E-state index is -3.41. The average molecular weight is 285 g/mol. The van der Waals surface area contributed by atoms with Crippen LogP contribution in [-0.2, 0) is 10.0 Å². The molecule has 5 heteroatoms. The average Bonchev–Trinajstić information content (AvgIpc) is 2.34. The summed E-state index contributed by atoms with van der Waals surface area (Å²) in [6.45, 7) is 10.8. The minimum absolute atomic E-state index is 0.372. The second-order valence-electron chi connectivity index (χ2n) is 4.41. The number of rotatable bonds is 6. The Balaban J connectivity index is 3.32. The van der Waals surface area contributed by atoms with Gasteiger partial charge in [0.05, 0.1) is 11.5 Å². The van der Waals surface area contributed by atoms with Crippen LogP contribution in [0.15, 0.2) is 17.0 Å². The second kappa shape index (κ2) is 6.39. The van der Waals surface area contributed by atoms with Gasteiger partial charge in [-0.05, 0) is 44.0 Å². The van der Waals surface area contributed by atoms with Crippen LogP contribution in [0.25, 0.3) is 0 Å². The van der Waals surface area contributed by atoms with Gasteiger partial charge < -0.3 is 4.74 Å². The number of hydrogen-bond donors (Lipinski definition) is 0. The summed E-state index contributed by atoms with van der Waals surface area (Å²) >= 11 is 0. The van der Waals surface area contributed by atoms with Crippen molar-refractivity contribution < 1.29 is 13.2 Å². The van der Waals surface area contributed by atoms with E-state index in [9.17, 15) is 8.42 Å². The molecular formula is C14H23NO3S. The van der Waals surface area contributed by atoms with Gasteiger partial charge in [-0.3, -0.25) is 0 Å². The molecule has 1 aromatic rings. The minimum Gasteiger partial charge on any atom is -0.494 e. The lowest BCUT2D eigenvalue weighted by atomic mass is 10.1. The topological polar surface area (TPSA) is 46.6 Å². The number of benzene rings is 1. The zero-order chi connectivity index (χ0) is 14.6. The van der Waals surface area contributed by atoms with Crippen LogP contribution in [0, 0.1) is 13.8 Å². The third kappa shape index (κ3) is 3.28. The van der Waals surface area contributed by atoms with Gasteiger partial charge in [0.15, 0.2) is 0 Å². The van der Waals surface area contributed by atoms with Crippen LogP contribution in [0.3, 0.4) is 0 Å². The molecule has 0 fully saturated rings.